The monoisotopic (exact) mass is 575 g/mol. The summed E-state index contributed by atoms with van der Waals surface area (Å²) in [4.78, 5) is 25.0. The first-order valence-electron chi connectivity index (χ1n) is 11.5. The van der Waals surface area contributed by atoms with E-state index in [9.17, 15) is 30.8 Å². The first-order valence-corrected chi connectivity index (χ1v) is 13.4. The van der Waals surface area contributed by atoms with E-state index in [4.69, 9.17) is 4.74 Å². The fraction of sp³-hybridized carbons (Fsp3) is 0.154. The minimum atomic E-state index is -4.63. The van der Waals surface area contributed by atoms with Gasteiger partial charge in [0.1, 0.15) is 5.82 Å². The van der Waals surface area contributed by atoms with E-state index < -0.39 is 40.4 Å². The minimum absolute atomic E-state index is 0.0686. The number of hydrogen-bond acceptors (Lipinski definition) is 8. The Balaban J connectivity index is 1.58. The summed E-state index contributed by atoms with van der Waals surface area (Å²) in [6, 6.07) is 16.5. The van der Waals surface area contributed by atoms with Crippen molar-refractivity contribution in [2.45, 2.75) is 17.6 Å². The SMILES string of the molecule is CS(=O)(=O)c1ccc(NC(=O)c2cccc(-c3nc(NCc4ccc(F)cc4)nc(OCC(F)(F)F)n3)c2)cc1. The normalized spacial score (nSPS) is 11.6. The van der Waals surface area contributed by atoms with E-state index in [0.717, 1.165) is 6.26 Å². The highest BCUT2D eigenvalue weighted by molar-refractivity contribution is 7.90. The van der Waals surface area contributed by atoms with Crippen LogP contribution >= 0.6 is 0 Å². The van der Waals surface area contributed by atoms with Crippen molar-refractivity contribution >= 4 is 27.4 Å². The number of alkyl halides is 3. The molecule has 0 aliphatic carbocycles. The van der Waals surface area contributed by atoms with Crippen LogP contribution in [0.5, 0.6) is 6.01 Å². The third kappa shape index (κ3) is 7.96. The molecule has 4 aromatic rings. The molecule has 40 heavy (non-hydrogen) atoms. The topological polar surface area (TPSA) is 123 Å². The van der Waals surface area contributed by atoms with Gasteiger partial charge in [-0.25, -0.2) is 12.8 Å². The Kier molecular flexibility index (Phi) is 8.28. The summed E-state index contributed by atoms with van der Waals surface area (Å²) in [5.41, 5.74) is 1.45. The number of anilines is 2. The van der Waals surface area contributed by atoms with Crippen LogP contribution in [0.15, 0.2) is 77.7 Å². The zero-order chi connectivity index (χ0) is 28.9. The van der Waals surface area contributed by atoms with Gasteiger partial charge >= 0.3 is 12.2 Å². The Morgan fingerprint density at radius 1 is 0.950 bits per heavy atom. The molecular formula is C26H21F4N5O4S. The number of nitrogens with zero attached hydrogens (tertiary/aromatic N) is 3. The summed E-state index contributed by atoms with van der Waals surface area (Å²) < 4.78 is 79.4. The van der Waals surface area contributed by atoms with Crippen molar-refractivity contribution in [2.24, 2.45) is 0 Å². The molecule has 1 aromatic heterocycles. The van der Waals surface area contributed by atoms with Gasteiger partial charge in [-0.3, -0.25) is 4.79 Å². The molecule has 14 heteroatoms. The quantitative estimate of drug-likeness (QED) is 0.271. The van der Waals surface area contributed by atoms with Gasteiger partial charge in [-0.1, -0.05) is 24.3 Å². The smallest absolute Gasteiger partial charge is 0.422 e. The minimum Gasteiger partial charge on any atom is -0.454 e. The largest absolute Gasteiger partial charge is 0.454 e. The number of benzene rings is 3. The van der Waals surface area contributed by atoms with E-state index in [1.54, 1.807) is 6.07 Å². The molecule has 0 fully saturated rings. The lowest BCUT2D eigenvalue weighted by Crippen LogP contribution is -2.20. The van der Waals surface area contributed by atoms with E-state index in [2.05, 4.69) is 25.6 Å². The molecule has 0 aliphatic rings. The Bertz CT molecular complexity index is 1610. The molecule has 1 amide bonds. The predicted molar refractivity (Wildman–Crippen MR) is 138 cm³/mol. The molecule has 3 aromatic carbocycles. The van der Waals surface area contributed by atoms with Crippen LogP contribution in [0.25, 0.3) is 11.4 Å². The van der Waals surface area contributed by atoms with Crippen LogP contribution in [0.1, 0.15) is 15.9 Å². The van der Waals surface area contributed by atoms with Gasteiger partial charge < -0.3 is 15.4 Å². The van der Waals surface area contributed by atoms with Crippen molar-refractivity contribution < 1.29 is 35.5 Å². The van der Waals surface area contributed by atoms with Crippen molar-refractivity contribution in [3.05, 3.63) is 89.7 Å². The maximum atomic E-state index is 13.2. The number of rotatable bonds is 9. The van der Waals surface area contributed by atoms with E-state index in [1.807, 2.05) is 0 Å². The first kappa shape index (κ1) is 28.4. The van der Waals surface area contributed by atoms with E-state index in [0.29, 0.717) is 11.3 Å². The van der Waals surface area contributed by atoms with Crippen molar-refractivity contribution in [3.8, 4) is 17.4 Å². The Morgan fingerprint density at radius 2 is 1.65 bits per heavy atom. The van der Waals surface area contributed by atoms with Crippen LogP contribution in [0.3, 0.4) is 0 Å². The van der Waals surface area contributed by atoms with Crippen LogP contribution < -0.4 is 15.4 Å². The van der Waals surface area contributed by atoms with Crippen LogP contribution in [-0.4, -0.2) is 48.3 Å². The third-order valence-corrected chi connectivity index (χ3v) is 6.40. The van der Waals surface area contributed by atoms with Crippen LogP contribution in [0, 0.1) is 5.82 Å². The molecule has 0 saturated carbocycles. The molecule has 9 nitrogen and oxygen atoms in total. The number of aromatic nitrogens is 3. The number of sulfone groups is 1. The molecule has 0 radical (unpaired) electrons. The maximum absolute atomic E-state index is 13.2. The molecule has 208 valence electrons. The second-order valence-corrected chi connectivity index (χ2v) is 10.5. The lowest BCUT2D eigenvalue weighted by atomic mass is 10.1. The van der Waals surface area contributed by atoms with E-state index in [1.165, 1.54) is 66.7 Å². The molecule has 4 rings (SSSR count). The first-order chi connectivity index (χ1) is 18.9. The van der Waals surface area contributed by atoms with Crippen molar-refractivity contribution in [1.82, 2.24) is 15.0 Å². The number of carbonyl (C=O) groups excluding carboxylic acids is 1. The highest BCUT2D eigenvalue weighted by Crippen LogP contribution is 2.23. The summed E-state index contributed by atoms with van der Waals surface area (Å²) in [5.74, 6) is -1.14. The maximum Gasteiger partial charge on any atom is 0.422 e. The van der Waals surface area contributed by atoms with Gasteiger partial charge in [0, 0.05) is 29.6 Å². The second kappa shape index (κ2) is 11.7. The van der Waals surface area contributed by atoms with Gasteiger partial charge in [0.15, 0.2) is 22.3 Å². The lowest BCUT2D eigenvalue weighted by Gasteiger charge is -2.12. The summed E-state index contributed by atoms with van der Waals surface area (Å²) >= 11 is 0. The fourth-order valence-corrected chi connectivity index (χ4v) is 3.98. The van der Waals surface area contributed by atoms with Gasteiger partial charge in [0.25, 0.3) is 5.91 Å². The van der Waals surface area contributed by atoms with Crippen molar-refractivity contribution in [1.29, 1.82) is 0 Å². The number of halogens is 4. The molecular weight excluding hydrogens is 554 g/mol. The molecule has 2 N–H and O–H groups in total. The van der Waals surface area contributed by atoms with Crippen LogP contribution in [0.4, 0.5) is 29.2 Å². The van der Waals surface area contributed by atoms with Crippen LogP contribution in [0.2, 0.25) is 0 Å². The van der Waals surface area contributed by atoms with Crippen molar-refractivity contribution in [3.63, 3.8) is 0 Å². The standard InChI is InChI=1S/C26H21F4N5O4S/c1-40(37,38)21-11-9-20(10-12-21)32-23(36)18-4-2-3-17(13-18)22-33-24(31-14-16-5-7-19(27)8-6-16)35-25(34-22)39-15-26(28,29)30/h2-13H,14-15H2,1H3,(H,32,36)(H,31,33,34,35). The summed E-state index contributed by atoms with van der Waals surface area (Å²) in [5, 5.41) is 5.49. The summed E-state index contributed by atoms with van der Waals surface area (Å²) in [6.07, 6.45) is -3.57. The predicted octanol–water partition coefficient (Wildman–Crippen LogP) is 4.89. The van der Waals surface area contributed by atoms with Crippen molar-refractivity contribution in [2.75, 3.05) is 23.5 Å². The summed E-state index contributed by atoms with van der Waals surface area (Å²) in [6.45, 7) is -1.50. The second-order valence-electron chi connectivity index (χ2n) is 8.48. The number of nitrogens with one attached hydrogen (secondary N) is 2. The zero-order valence-corrected chi connectivity index (χ0v) is 21.6. The Hall–Kier alpha value is -4.59. The molecule has 0 aliphatic heterocycles. The zero-order valence-electron chi connectivity index (χ0n) is 20.7. The molecule has 0 saturated heterocycles. The van der Waals surface area contributed by atoms with E-state index >= 15 is 0 Å². The van der Waals surface area contributed by atoms with Crippen LogP contribution in [-0.2, 0) is 16.4 Å². The number of hydrogen-bond donors (Lipinski definition) is 2. The molecule has 1 heterocycles. The number of carbonyl (C=O) groups is 1. The number of amides is 1. The molecule has 0 unspecified atom stereocenters. The average Bonchev–Trinajstić information content (AvgIpc) is 2.91. The van der Waals surface area contributed by atoms with Gasteiger partial charge in [0.2, 0.25) is 5.95 Å². The molecule has 0 atom stereocenters. The van der Waals surface area contributed by atoms with Gasteiger partial charge in [-0.05, 0) is 54.1 Å². The fourth-order valence-electron chi connectivity index (χ4n) is 3.35. The lowest BCUT2D eigenvalue weighted by molar-refractivity contribution is -0.154. The third-order valence-electron chi connectivity index (χ3n) is 5.27. The van der Waals surface area contributed by atoms with E-state index in [-0.39, 0.29) is 34.3 Å². The highest BCUT2D eigenvalue weighted by Gasteiger charge is 2.29. The molecule has 0 bridgehead atoms. The van der Waals surface area contributed by atoms with Gasteiger partial charge in [-0.15, -0.1) is 0 Å². The summed E-state index contributed by atoms with van der Waals surface area (Å²) in [7, 11) is -3.40. The Morgan fingerprint density at radius 3 is 2.30 bits per heavy atom. The molecule has 0 spiro atoms. The Labute approximate surface area is 226 Å². The number of ether oxygens (including phenoxy) is 1. The van der Waals surface area contributed by atoms with Gasteiger partial charge in [-0.2, -0.15) is 28.1 Å². The van der Waals surface area contributed by atoms with Gasteiger partial charge in [0.05, 0.1) is 4.90 Å². The average molecular weight is 576 g/mol. The highest BCUT2D eigenvalue weighted by atomic mass is 32.2.